The van der Waals surface area contributed by atoms with Crippen molar-refractivity contribution >= 4 is 5.69 Å². The summed E-state index contributed by atoms with van der Waals surface area (Å²) in [7, 11) is 0. The zero-order valence-corrected chi connectivity index (χ0v) is 11.1. The average Bonchev–Trinajstić information content (AvgIpc) is 2.46. The molecule has 1 aliphatic heterocycles. The van der Waals surface area contributed by atoms with E-state index in [0.717, 1.165) is 12.0 Å². The normalized spacial score (nSPS) is 27.9. The summed E-state index contributed by atoms with van der Waals surface area (Å²) in [4.78, 5) is 2.66. The number of hydrogen-bond donors (Lipinski definition) is 1. The minimum atomic E-state index is 0.657. The standard InChI is InChI=1S/C16H24N2/c17-12-14-7-2-4-10-16(14)18-11-5-8-13-6-1-3-9-15(13)18/h2,4,7,10,13,15H,1,3,5-6,8-9,11-12,17H2/t13-,15-/m1/s1. The molecule has 0 bridgehead atoms. The monoisotopic (exact) mass is 244 g/mol. The minimum absolute atomic E-state index is 0.657. The quantitative estimate of drug-likeness (QED) is 0.865. The van der Waals surface area contributed by atoms with E-state index in [1.54, 1.807) is 0 Å². The largest absolute Gasteiger partial charge is 0.368 e. The molecule has 1 heterocycles. The number of para-hydroxylation sites is 1. The summed E-state index contributed by atoms with van der Waals surface area (Å²) >= 11 is 0. The van der Waals surface area contributed by atoms with Gasteiger partial charge in [-0.2, -0.15) is 0 Å². The zero-order chi connectivity index (χ0) is 12.4. The van der Waals surface area contributed by atoms with Crippen LogP contribution in [-0.4, -0.2) is 12.6 Å². The van der Waals surface area contributed by atoms with Crippen molar-refractivity contribution in [1.82, 2.24) is 0 Å². The number of nitrogens with two attached hydrogens (primary N) is 1. The summed E-state index contributed by atoms with van der Waals surface area (Å²) in [6.45, 7) is 1.88. The first-order valence-electron chi connectivity index (χ1n) is 7.45. The summed E-state index contributed by atoms with van der Waals surface area (Å²) < 4.78 is 0. The van der Waals surface area contributed by atoms with Gasteiger partial charge < -0.3 is 10.6 Å². The van der Waals surface area contributed by atoms with E-state index >= 15 is 0 Å². The van der Waals surface area contributed by atoms with Gasteiger partial charge in [-0.05, 0) is 43.2 Å². The first-order valence-corrected chi connectivity index (χ1v) is 7.45. The van der Waals surface area contributed by atoms with Gasteiger partial charge in [0.05, 0.1) is 0 Å². The smallest absolute Gasteiger partial charge is 0.0414 e. The van der Waals surface area contributed by atoms with E-state index in [4.69, 9.17) is 5.73 Å². The average molecular weight is 244 g/mol. The summed E-state index contributed by atoms with van der Waals surface area (Å²) in [5.41, 5.74) is 8.61. The lowest BCUT2D eigenvalue weighted by molar-refractivity contribution is 0.243. The van der Waals surface area contributed by atoms with Crippen LogP contribution in [0.2, 0.25) is 0 Å². The molecular formula is C16H24N2. The Kier molecular flexibility index (Phi) is 3.55. The Morgan fingerprint density at radius 3 is 2.72 bits per heavy atom. The van der Waals surface area contributed by atoms with Crippen molar-refractivity contribution in [2.75, 3.05) is 11.4 Å². The molecule has 0 radical (unpaired) electrons. The first-order chi connectivity index (χ1) is 8.90. The van der Waals surface area contributed by atoms with Gasteiger partial charge in [0, 0.05) is 24.8 Å². The van der Waals surface area contributed by atoms with Crippen LogP contribution in [0.3, 0.4) is 0 Å². The third-order valence-electron chi connectivity index (χ3n) is 4.76. The topological polar surface area (TPSA) is 29.3 Å². The lowest BCUT2D eigenvalue weighted by Gasteiger charge is -2.46. The second-order valence-corrected chi connectivity index (χ2v) is 5.78. The molecule has 0 unspecified atom stereocenters. The molecule has 2 nitrogen and oxygen atoms in total. The zero-order valence-electron chi connectivity index (χ0n) is 11.1. The lowest BCUT2D eigenvalue weighted by atomic mass is 9.78. The Morgan fingerprint density at radius 2 is 1.83 bits per heavy atom. The Morgan fingerprint density at radius 1 is 1.06 bits per heavy atom. The molecule has 3 rings (SSSR count). The van der Waals surface area contributed by atoms with Crippen molar-refractivity contribution in [3.8, 4) is 0 Å². The van der Waals surface area contributed by atoms with E-state index in [9.17, 15) is 0 Å². The molecule has 1 saturated heterocycles. The number of rotatable bonds is 2. The van der Waals surface area contributed by atoms with Gasteiger partial charge >= 0.3 is 0 Å². The molecule has 0 spiro atoms. The summed E-state index contributed by atoms with van der Waals surface area (Å²) in [5, 5.41) is 0. The van der Waals surface area contributed by atoms with E-state index in [1.807, 2.05) is 0 Å². The van der Waals surface area contributed by atoms with Gasteiger partial charge in [0.2, 0.25) is 0 Å². The van der Waals surface area contributed by atoms with Crippen molar-refractivity contribution < 1.29 is 0 Å². The molecule has 2 aliphatic rings. The second-order valence-electron chi connectivity index (χ2n) is 5.78. The number of benzene rings is 1. The van der Waals surface area contributed by atoms with Crippen LogP contribution in [0.15, 0.2) is 24.3 Å². The molecule has 1 saturated carbocycles. The van der Waals surface area contributed by atoms with E-state index in [1.165, 1.54) is 56.3 Å². The SMILES string of the molecule is NCc1ccccc1N1CCC[C@H]2CCCC[C@H]21. The fourth-order valence-electron chi connectivity index (χ4n) is 3.89. The summed E-state index contributed by atoms with van der Waals surface area (Å²) in [6.07, 6.45) is 8.44. The van der Waals surface area contributed by atoms with Crippen LogP contribution in [0.5, 0.6) is 0 Å². The van der Waals surface area contributed by atoms with Crippen molar-refractivity contribution in [3.63, 3.8) is 0 Å². The highest BCUT2D eigenvalue weighted by Crippen LogP contribution is 2.38. The molecule has 2 fully saturated rings. The predicted octanol–water partition coefficient (Wildman–Crippen LogP) is 3.30. The highest BCUT2D eigenvalue weighted by molar-refractivity contribution is 5.55. The first kappa shape index (κ1) is 12.0. The molecule has 18 heavy (non-hydrogen) atoms. The van der Waals surface area contributed by atoms with Gasteiger partial charge in [0.25, 0.3) is 0 Å². The Labute approximate surface area is 110 Å². The molecule has 1 aromatic carbocycles. The number of nitrogens with zero attached hydrogens (tertiary/aromatic N) is 1. The van der Waals surface area contributed by atoms with Crippen LogP contribution < -0.4 is 10.6 Å². The van der Waals surface area contributed by atoms with Crippen molar-refractivity contribution in [1.29, 1.82) is 0 Å². The molecular weight excluding hydrogens is 220 g/mol. The van der Waals surface area contributed by atoms with Gasteiger partial charge in [-0.3, -0.25) is 0 Å². The van der Waals surface area contributed by atoms with Crippen molar-refractivity contribution in [2.45, 2.75) is 51.1 Å². The molecule has 1 aromatic rings. The fourth-order valence-corrected chi connectivity index (χ4v) is 3.89. The fraction of sp³-hybridized carbons (Fsp3) is 0.625. The highest BCUT2D eigenvalue weighted by atomic mass is 15.2. The van der Waals surface area contributed by atoms with Crippen LogP contribution in [0.1, 0.15) is 44.1 Å². The summed E-state index contributed by atoms with van der Waals surface area (Å²) in [6, 6.07) is 9.48. The molecule has 0 aromatic heterocycles. The number of fused-ring (bicyclic) bond motifs is 1. The Hall–Kier alpha value is -1.02. The molecule has 2 N–H and O–H groups in total. The van der Waals surface area contributed by atoms with E-state index < -0.39 is 0 Å². The lowest BCUT2D eigenvalue weighted by Crippen LogP contribution is -2.47. The maximum atomic E-state index is 5.90. The molecule has 0 amide bonds. The molecule has 1 aliphatic carbocycles. The van der Waals surface area contributed by atoms with E-state index in [-0.39, 0.29) is 0 Å². The van der Waals surface area contributed by atoms with Crippen LogP contribution in [-0.2, 0) is 6.54 Å². The maximum Gasteiger partial charge on any atom is 0.0414 e. The van der Waals surface area contributed by atoms with Crippen molar-refractivity contribution in [2.24, 2.45) is 11.7 Å². The molecule has 2 heteroatoms. The Balaban J connectivity index is 1.89. The Bertz CT molecular complexity index is 400. The van der Waals surface area contributed by atoms with Crippen LogP contribution >= 0.6 is 0 Å². The number of piperidine rings is 1. The second kappa shape index (κ2) is 5.31. The van der Waals surface area contributed by atoms with Gasteiger partial charge in [-0.25, -0.2) is 0 Å². The number of anilines is 1. The third-order valence-corrected chi connectivity index (χ3v) is 4.76. The van der Waals surface area contributed by atoms with Gasteiger partial charge in [0.1, 0.15) is 0 Å². The predicted molar refractivity (Wildman–Crippen MR) is 76.7 cm³/mol. The maximum absolute atomic E-state index is 5.90. The summed E-state index contributed by atoms with van der Waals surface area (Å²) in [5.74, 6) is 0.929. The van der Waals surface area contributed by atoms with E-state index in [0.29, 0.717) is 6.54 Å². The third kappa shape index (κ3) is 2.14. The van der Waals surface area contributed by atoms with Crippen molar-refractivity contribution in [3.05, 3.63) is 29.8 Å². The van der Waals surface area contributed by atoms with Crippen LogP contribution in [0.4, 0.5) is 5.69 Å². The highest BCUT2D eigenvalue weighted by Gasteiger charge is 2.33. The van der Waals surface area contributed by atoms with E-state index in [2.05, 4.69) is 29.2 Å². The minimum Gasteiger partial charge on any atom is -0.368 e. The molecule has 98 valence electrons. The van der Waals surface area contributed by atoms with Gasteiger partial charge in [-0.1, -0.05) is 31.0 Å². The number of hydrogen-bond acceptors (Lipinski definition) is 2. The van der Waals surface area contributed by atoms with Gasteiger partial charge in [-0.15, -0.1) is 0 Å². The molecule has 2 atom stereocenters. The van der Waals surface area contributed by atoms with Crippen LogP contribution in [0, 0.1) is 5.92 Å². The van der Waals surface area contributed by atoms with Crippen LogP contribution in [0.25, 0.3) is 0 Å². The van der Waals surface area contributed by atoms with Gasteiger partial charge in [0.15, 0.2) is 0 Å².